The van der Waals surface area contributed by atoms with Crippen LogP contribution in [-0.2, 0) is 11.4 Å². The topological polar surface area (TPSA) is 83.9 Å². The molecule has 1 amide bonds. The van der Waals surface area contributed by atoms with E-state index in [-0.39, 0.29) is 13.2 Å². The molecule has 0 aliphatic carbocycles. The normalized spacial score (nSPS) is 10.7. The molecule has 0 aliphatic heterocycles. The Hall–Kier alpha value is -2.08. The summed E-state index contributed by atoms with van der Waals surface area (Å²) in [7, 11) is 1.71. The fourth-order valence-electron chi connectivity index (χ4n) is 1.80. The first-order valence-corrected chi connectivity index (χ1v) is 5.19. The average Bonchev–Trinajstić information content (AvgIpc) is 2.66. The van der Waals surface area contributed by atoms with Crippen LogP contribution in [0.4, 0.5) is 5.82 Å². The van der Waals surface area contributed by atoms with Crippen LogP contribution in [0.2, 0.25) is 0 Å². The molecule has 6 nitrogen and oxygen atoms in total. The molecule has 0 aliphatic rings. The summed E-state index contributed by atoms with van der Waals surface area (Å²) in [5.41, 5.74) is 6.51. The van der Waals surface area contributed by atoms with Crippen LogP contribution in [0.15, 0.2) is 24.4 Å². The van der Waals surface area contributed by atoms with Gasteiger partial charge in [-0.05, 0) is 12.1 Å². The summed E-state index contributed by atoms with van der Waals surface area (Å²) >= 11 is 0. The van der Waals surface area contributed by atoms with Gasteiger partial charge in [-0.2, -0.15) is 0 Å². The second kappa shape index (κ2) is 4.42. The predicted octanol–water partition coefficient (Wildman–Crippen LogP) is -0.252. The largest absolute Gasteiger partial charge is 0.390 e. The van der Waals surface area contributed by atoms with Crippen LogP contribution in [0.1, 0.15) is 5.69 Å². The van der Waals surface area contributed by atoms with Crippen molar-refractivity contribution in [1.82, 2.24) is 9.38 Å². The Morgan fingerprint density at radius 2 is 2.35 bits per heavy atom. The zero-order chi connectivity index (χ0) is 12.4. The maximum atomic E-state index is 10.9. The molecule has 0 saturated carbocycles. The van der Waals surface area contributed by atoms with E-state index < -0.39 is 5.91 Å². The molecule has 2 aromatic rings. The zero-order valence-electron chi connectivity index (χ0n) is 9.50. The van der Waals surface area contributed by atoms with E-state index in [0.717, 1.165) is 5.65 Å². The Morgan fingerprint density at radius 3 is 3.00 bits per heavy atom. The SMILES string of the molecule is CN(CC(N)=O)c1nc2ccccn2c1CO. The number of hydrogen-bond acceptors (Lipinski definition) is 4. The van der Waals surface area contributed by atoms with Gasteiger partial charge in [-0.15, -0.1) is 0 Å². The number of carbonyl (C=O) groups is 1. The van der Waals surface area contributed by atoms with Gasteiger partial charge in [0.15, 0.2) is 5.82 Å². The smallest absolute Gasteiger partial charge is 0.236 e. The van der Waals surface area contributed by atoms with Crippen LogP contribution >= 0.6 is 0 Å². The molecule has 90 valence electrons. The van der Waals surface area contributed by atoms with Crippen LogP contribution in [0, 0.1) is 0 Å². The van der Waals surface area contributed by atoms with E-state index in [1.54, 1.807) is 16.3 Å². The molecule has 2 rings (SSSR count). The van der Waals surface area contributed by atoms with Crippen molar-refractivity contribution >= 4 is 17.4 Å². The highest BCUT2D eigenvalue weighted by Gasteiger charge is 2.15. The minimum absolute atomic E-state index is 0.0664. The number of aliphatic hydroxyl groups is 1. The number of anilines is 1. The Morgan fingerprint density at radius 1 is 1.59 bits per heavy atom. The molecule has 0 bridgehead atoms. The highest BCUT2D eigenvalue weighted by atomic mass is 16.3. The van der Waals surface area contributed by atoms with Gasteiger partial charge in [0.05, 0.1) is 18.8 Å². The van der Waals surface area contributed by atoms with Crippen LogP contribution in [0.3, 0.4) is 0 Å². The number of imidazole rings is 1. The van der Waals surface area contributed by atoms with Gasteiger partial charge in [0.2, 0.25) is 5.91 Å². The Bertz CT molecular complexity index is 549. The lowest BCUT2D eigenvalue weighted by atomic mass is 10.4. The van der Waals surface area contributed by atoms with E-state index in [1.165, 1.54) is 0 Å². The lowest BCUT2D eigenvalue weighted by Crippen LogP contribution is -2.31. The molecule has 0 saturated heterocycles. The van der Waals surface area contributed by atoms with Gasteiger partial charge >= 0.3 is 0 Å². The monoisotopic (exact) mass is 234 g/mol. The maximum Gasteiger partial charge on any atom is 0.236 e. The standard InChI is InChI=1S/C11H14N4O2/c1-14(6-9(12)17)11-8(7-16)15-5-3-2-4-10(15)13-11/h2-5,16H,6-7H2,1H3,(H2,12,17). The Balaban J connectivity index is 2.49. The number of likely N-dealkylation sites (N-methyl/N-ethyl adjacent to an activating group) is 1. The average molecular weight is 234 g/mol. The maximum absolute atomic E-state index is 10.9. The van der Waals surface area contributed by atoms with E-state index >= 15 is 0 Å². The van der Waals surface area contributed by atoms with E-state index in [0.29, 0.717) is 11.5 Å². The summed E-state index contributed by atoms with van der Waals surface area (Å²) in [5.74, 6) is 0.131. The van der Waals surface area contributed by atoms with Crippen LogP contribution in [0.5, 0.6) is 0 Å². The first-order valence-electron chi connectivity index (χ1n) is 5.19. The Kier molecular flexibility index (Phi) is 2.97. The first kappa shape index (κ1) is 11.4. The van der Waals surface area contributed by atoms with Gasteiger partial charge in [-0.25, -0.2) is 4.98 Å². The number of aliphatic hydroxyl groups excluding tert-OH is 1. The lowest BCUT2D eigenvalue weighted by molar-refractivity contribution is -0.116. The summed E-state index contributed by atoms with van der Waals surface area (Å²) in [6, 6.07) is 5.55. The van der Waals surface area contributed by atoms with Gasteiger partial charge in [0.25, 0.3) is 0 Å². The van der Waals surface area contributed by atoms with Crippen LogP contribution in [0.25, 0.3) is 5.65 Å². The van der Waals surface area contributed by atoms with E-state index in [4.69, 9.17) is 5.73 Å². The fraction of sp³-hybridized carbons (Fsp3) is 0.273. The van der Waals surface area contributed by atoms with Crippen molar-refractivity contribution in [2.75, 3.05) is 18.5 Å². The zero-order valence-corrected chi connectivity index (χ0v) is 9.50. The molecule has 3 N–H and O–H groups in total. The van der Waals surface area contributed by atoms with Gasteiger partial charge in [0.1, 0.15) is 5.65 Å². The molecule has 2 aromatic heterocycles. The molecule has 0 aromatic carbocycles. The molecule has 0 unspecified atom stereocenters. The molecular weight excluding hydrogens is 220 g/mol. The number of primary amides is 1. The van der Waals surface area contributed by atoms with Crippen molar-refractivity contribution in [2.24, 2.45) is 5.73 Å². The van der Waals surface area contributed by atoms with E-state index in [1.807, 2.05) is 24.4 Å². The van der Waals surface area contributed by atoms with Crippen LogP contribution in [-0.4, -0.2) is 34.0 Å². The first-order chi connectivity index (χ1) is 8.13. The summed E-state index contributed by atoms with van der Waals surface area (Å²) in [5, 5.41) is 9.38. The van der Waals surface area contributed by atoms with Gasteiger partial charge in [0, 0.05) is 13.2 Å². The van der Waals surface area contributed by atoms with Crippen molar-refractivity contribution in [3.05, 3.63) is 30.1 Å². The quantitative estimate of drug-likeness (QED) is 0.764. The molecule has 0 spiro atoms. The minimum Gasteiger partial charge on any atom is -0.390 e. The summed E-state index contributed by atoms with van der Waals surface area (Å²) < 4.78 is 1.78. The number of carbonyl (C=O) groups excluding carboxylic acids is 1. The second-order valence-corrected chi connectivity index (χ2v) is 3.79. The van der Waals surface area contributed by atoms with Crippen molar-refractivity contribution in [2.45, 2.75) is 6.61 Å². The number of aromatic nitrogens is 2. The number of nitrogens with two attached hydrogens (primary N) is 1. The summed E-state index contributed by atoms with van der Waals surface area (Å²) in [6.45, 7) is -0.0828. The number of pyridine rings is 1. The molecule has 17 heavy (non-hydrogen) atoms. The van der Waals surface area contributed by atoms with Gasteiger partial charge < -0.3 is 15.7 Å². The van der Waals surface area contributed by atoms with Crippen molar-refractivity contribution in [3.63, 3.8) is 0 Å². The predicted molar refractivity (Wildman–Crippen MR) is 63.6 cm³/mol. The Labute approximate surface area is 98.3 Å². The second-order valence-electron chi connectivity index (χ2n) is 3.79. The number of amides is 1. The number of rotatable bonds is 4. The molecule has 0 radical (unpaired) electrons. The third-order valence-corrected chi connectivity index (χ3v) is 2.51. The number of hydrogen-bond donors (Lipinski definition) is 2. The highest BCUT2D eigenvalue weighted by molar-refractivity contribution is 5.79. The van der Waals surface area contributed by atoms with Gasteiger partial charge in [-0.1, -0.05) is 6.07 Å². The van der Waals surface area contributed by atoms with Crippen molar-refractivity contribution < 1.29 is 9.90 Å². The fourth-order valence-corrected chi connectivity index (χ4v) is 1.80. The lowest BCUT2D eigenvalue weighted by Gasteiger charge is -2.15. The third-order valence-electron chi connectivity index (χ3n) is 2.51. The molecule has 2 heterocycles. The molecular formula is C11H14N4O2. The minimum atomic E-state index is -0.437. The molecule has 6 heteroatoms. The van der Waals surface area contributed by atoms with Crippen LogP contribution < -0.4 is 10.6 Å². The van der Waals surface area contributed by atoms with E-state index in [2.05, 4.69) is 4.98 Å². The number of nitrogens with zero attached hydrogens (tertiary/aromatic N) is 3. The molecule has 0 fully saturated rings. The van der Waals surface area contributed by atoms with Gasteiger partial charge in [-0.3, -0.25) is 9.20 Å². The van der Waals surface area contributed by atoms with E-state index in [9.17, 15) is 9.90 Å². The molecule has 0 atom stereocenters. The summed E-state index contributed by atoms with van der Waals surface area (Å²) in [6.07, 6.45) is 1.81. The summed E-state index contributed by atoms with van der Waals surface area (Å²) in [4.78, 5) is 16.9. The van der Waals surface area contributed by atoms with Crippen molar-refractivity contribution in [1.29, 1.82) is 0 Å². The third kappa shape index (κ3) is 2.07. The van der Waals surface area contributed by atoms with Crippen molar-refractivity contribution in [3.8, 4) is 0 Å². The highest BCUT2D eigenvalue weighted by Crippen LogP contribution is 2.20. The number of fused-ring (bicyclic) bond motifs is 1.